The average molecular weight is 397 g/mol. The molecule has 29 heavy (non-hydrogen) atoms. The summed E-state index contributed by atoms with van der Waals surface area (Å²) in [4.78, 5) is 0. The fraction of sp³-hybridized carbons (Fsp3) is 0.481. The predicted octanol–water partition coefficient (Wildman–Crippen LogP) is 8.18. The van der Waals surface area contributed by atoms with Gasteiger partial charge in [-0.25, -0.2) is 0 Å². The zero-order valence-corrected chi connectivity index (χ0v) is 19.3. The SMILES string of the molecule is CC(C)=CCCC(C)=CCCC(C)=CCCC(C)=C(C)Cc1cc(O)ccc1O. The smallest absolute Gasteiger partial charge is 0.119 e. The van der Waals surface area contributed by atoms with Crippen LogP contribution in [0, 0.1) is 0 Å². The van der Waals surface area contributed by atoms with Gasteiger partial charge in [-0.1, -0.05) is 46.1 Å². The van der Waals surface area contributed by atoms with Crippen molar-refractivity contribution in [1.29, 1.82) is 0 Å². The quantitative estimate of drug-likeness (QED) is 0.292. The van der Waals surface area contributed by atoms with E-state index in [0.717, 1.165) is 44.1 Å². The lowest BCUT2D eigenvalue weighted by Crippen LogP contribution is -1.92. The van der Waals surface area contributed by atoms with Gasteiger partial charge in [-0.3, -0.25) is 0 Å². The Hall–Kier alpha value is -2.22. The Labute approximate surface area is 178 Å². The molecule has 0 saturated carbocycles. The number of phenolic OH excluding ortho intramolecular Hbond substituents is 2. The van der Waals surface area contributed by atoms with Gasteiger partial charge in [0, 0.05) is 5.56 Å². The Bertz CT molecular complexity index is 772. The molecule has 0 aliphatic heterocycles. The monoisotopic (exact) mass is 396 g/mol. The number of aromatic hydroxyl groups is 2. The highest BCUT2D eigenvalue weighted by Crippen LogP contribution is 2.26. The summed E-state index contributed by atoms with van der Waals surface area (Å²) in [6.07, 6.45) is 14.3. The highest BCUT2D eigenvalue weighted by atomic mass is 16.3. The maximum Gasteiger partial charge on any atom is 0.119 e. The van der Waals surface area contributed by atoms with Crippen LogP contribution in [0.25, 0.3) is 0 Å². The van der Waals surface area contributed by atoms with Crippen molar-refractivity contribution in [1.82, 2.24) is 0 Å². The minimum absolute atomic E-state index is 0.197. The van der Waals surface area contributed by atoms with Crippen molar-refractivity contribution >= 4 is 0 Å². The van der Waals surface area contributed by atoms with E-state index in [1.807, 2.05) is 0 Å². The van der Waals surface area contributed by atoms with E-state index >= 15 is 0 Å². The molecule has 0 amide bonds. The van der Waals surface area contributed by atoms with E-state index in [1.54, 1.807) is 12.1 Å². The zero-order chi connectivity index (χ0) is 21.8. The lowest BCUT2D eigenvalue weighted by Gasteiger charge is -2.10. The van der Waals surface area contributed by atoms with E-state index in [0.29, 0.717) is 6.42 Å². The van der Waals surface area contributed by atoms with Gasteiger partial charge >= 0.3 is 0 Å². The summed E-state index contributed by atoms with van der Waals surface area (Å²) in [6.45, 7) is 13.0. The van der Waals surface area contributed by atoms with Crippen LogP contribution in [0.4, 0.5) is 0 Å². The molecule has 0 atom stereocenters. The molecule has 0 unspecified atom stereocenters. The van der Waals surface area contributed by atoms with E-state index in [-0.39, 0.29) is 11.5 Å². The van der Waals surface area contributed by atoms with Crippen molar-refractivity contribution in [3.8, 4) is 11.5 Å². The van der Waals surface area contributed by atoms with Gasteiger partial charge in [-0.15, -0.1) is 0 Å². The molecule has 0 radical (unpaired) electrons. The highest BCUT2D eigenvalue weighted by Gasteiger charge is 2.05. The lowest BCUT2D eigenvalue weighted by atomic mass is 9.98. The molecular formula is C27H40O2. The molecule has 0 fully saturated rings. The summed E-state index contributed by atoms with van der Waals surface area (Å²) >= 11 is 0. The molecule has 0 heterocycles. The van der Waals surface area contributed by atoms with E-state index in [1.165, 1.54) is 33.9 Å². The van der Waals surface area contributed by atoms with Gasteiger partial charge in [0.1, 0.15) is 11.5 Å². The summed E-state index contributed by atoms with van der Waals surface area (Å²) < 4.78 is 0. The molecule has 2 nitrogen and oxygen atoms in total. The van der Waals surface area contributed by atoms with Crippen LogP contribution >= 0.6 is 0 Å². The van der Waals surface area contributed by atoms with Crippen LogP contribution in [-0.4, -0.2) is 10.2 Å². The van der Waals surface area contributed by atoms with Crippen LogP contribution < -0.4 is 0 Å². The van der Waals surface area contributed by atoms with Gasteiger partial charge in [-0.2, -0.15) is 0 Å². The largest absolute Gasteiger partial charge is 0.508 e. The number of benzene rings is 1. The van der Waals surface area contributed by atoms with Crippen molar-refractivity contribution in [3.63, 3.8) is 0 Å². The molecule has 0 aliphatic rings. The van der Waals surface area contributed by atoms with E-state index < -0.39 is 0 Å². The molecule has 0 aromatic heterocycles. The molecule has 1 rings (SSSR count). The maximum absolute atomic E-state index is 9.96. The third kappa shape index (κ3) is 10.8. The van der Waals surface area contributed by atoms with Crippen molar-refractivity contribution in [2.75, 3.05) is 0 Å². The Kier molecular flexibility index (Phi) is 11.2. The molecule has 160 valence electrons. The number of hydrogen-bond acceptors (Lipinski definition) is 2. The number of rotatable bonds is 11. The highest BCUT2D eigenvalue weighted by molar-refractivity contribution is 5.41. The second-order valence-electron chi connectivity index (χ2n) is 8.55. The molecule has 1 aromatic carbocycles. The van der Waals surface area contributed by atoms with Gasteiger partial charge in [0.15, 0.2) is 0 Å². The second-order valence-corrected chi connectivity index (χ2v) is 8.55. The number of phenols is 2. The molecule has 2 N–H and O–H groups in total. The summed E-state index contributed by atoms with van der Waals surface area (Å²) in [7, 11) is 0. The topological polar surface area (TPSA) is 40.5 Å². The fourth-order valence-electron chi connectivity index (χ4n) is 3.24. The van der Waals surface area contributed by atoms with Gasteiger partial charge in [-0.05, 0) is 105 Å². The summed E-state index contributed by atoms with van der Waals surface area (Å²) in [6, 6.07) is 4.71. The fourth-order valence-corrected chi connectivity index (χ4v) is 3.24. The van der Waals surface area contributed by atoms with Crippen molar-refractivity contribution in [2.24, 2.45) is 0 Å². The third-order valence-electron chi connectivity index (χ3n) is 5.38. The van der Waals surface area contributed by atoms with Gasteiger partial charge in [0.2, 0.25) is 0 Å². The Morgan fingerprint density at radius 3 is 1.86 bits per heavy atom. The molecule has 0 saturated heterocycles. The van der Waals surface area contributed by atoms with E-state index in [2.05, 4.69) is 59.8 Å². The van der Waals surface area contributed by atoms with Crippen molar-refractivity contribution < 1.29 is 10.2 Å². The van der Waals surface area contributed by atoms with E-state index in [9.17, 15) is 10.2 Å². The summed E-state index contributed by atoms with van der Waals surface area (Å²) in [5.41, 5.74) is 7.73. The zero-order valence-electron chi connectivity index (χ0n) is 19.3. The van der Waals surface area contributed by atoms with Gasteiger partial charge in [0.25, 0.3) is 0 Å². The Morgan fingerprint density at radius 1 is 0.724 bits per heavy atom. The minimum Gasteiger partial charge on any atom is -0.508 e. The van der Waals surface area contributed by atoms with Crippen LogP contribution in [-0.2, 0) is 6.42 Å². The molecule has 1 aromatic rings. The van der Waals surface area contributed by atoms with Crippen LogP contribution in [0.5, 0.6) is 11.5 Å². The summed E-state index contributed by atoms with van der Waals surface area (Å²) in [5, 5.41) is 19.6. The van der Waals surface area contributed by atoms with Crippen LogP contribution in [0.3, 0.4) is 0 Å². The second kappa shape index (κ2) is 13.1. The number of allylic oxidation sites excluding steroid dienone is 8. The van der Waals surface area contributed by atoms with Crippen LogP contribution in [0.1, 0.15) is 85.6 Å². The molecular weight excluding hydrogens is 356 g/mol. The van der Waals surface area contributed by atoms with Crippen LogP contribution in [0.15, 0.2) is 64.3 Å². The summed E-state index contributed by atoms with van der Waals surface area (Å²) in [5.74, 6) is 0.443. The van der Waals surface area contributed by atoms with Crippen LogP contribution in [0.2, 0.25) is 0 Å². The van der Waals surface area contributed by atoms with E-state index in [4.69, 9.17) is 0 Å². The average Bonchev–Trinajstić information content (AvgIpc) is 2.64. The predicted molar refractivity (Wildman–Crippen MR) is 126 cm³/mol. The molecule has 0 bridgehead atoms. The third-order valence-corrected chi connectivity index (χ3v) is 5.38. The molecule has 0 spiro atoms. The minimum atomic E-state index is 0.197. The normalized spacial score (nSPS) is 13.3. The van der Waals surface area contributed by atoms with Gasteiger partial charge < -0.3 is 10.2 Å². The Balaban J connectivity index is 2.45. The Morgan fingerprint density at radius 2 is 1.28 bits per heavy atom. The first-order valence-corrected chi connectivity index (χ1v) is 10.8. The maximum atomic E-state index is 9.96. The molecule has 0 aliphatic carbocycles. The first kappa shape index (κ1) is 24.8. The molecule has 2 heteroatoms. The standard InChI is InChI=1S/C27H40O2/c1-20(2)10-7-11-21(3)12-8-13-22(4)14-9-15-23(5)24(6)18-25-19-26(28)16-17-27(25)29/h10,12,14,16-17,19,28-29H,7-9,11,13,15,18H2,1-6H3. The first-order valence-electron chi connectivity index (χ1n) is 10.8. The first-order chi connectivity index (χ1) is 13.7. The number of hydrogen-bond donors (Lipinski definition) is 2. The van der Waals surface area contributed by atoms with Crippen molar-refractivity contribution in [3.05, 3.63) is 69.9 Å². The van der Waals surface area contributed by atoms with Gasteiger partial charge in [0.05, 0.1) is 0 Å². The van der Waals surface area contributed by atoms with Crippen molar-refractivity contribution in [2.45, 2.75) is 86.5 Å². The lowest BCUT2D eigenvalue weighted by molar-refractivity contribution is 0.455.